The van der Waals surface area contributed by atoms with Crippen LogP contribution in [-0.4, -0.2) is 22.4 Å². The van der Waals surface area contributed by atoms with Crippen LogP contribution in [0, 0.1) is 24.1 Å². The van der Waals surface area contributed by atoms with Crippen LogP contribution in [0.4, 0.5) is 18.0 Å². The molecule has 7 heteroatoms. The summed E-state index contributed by atoms with van der Waals surface area (Å²) in [4.78, 5) is 11.9. The Morgan fingerprint density at radius 1 is 1.37 bits per heavy atom. The molecule has 0 aliphatic heterocycles. The number of amides is 1. The summed E-state index contributed by atoms with van der Waals surface area (Å²) in [7, 11) is 0. The van der Waals surface area contributed by atoms with Gasteiger partial charge in [-0.2, -0.15) is 8.78 Å². The van der Waals surface area contributed by atoms with Gasteiger partial charge in [0, 0.05) is 11.5 Å². The van der Waals surface area contributed by atoms with Gasteiger partial charge in [-0.05, 0) is 46.6 Å². The van der Waals surface area contributed by atoms with Crippen LogP contribution >= 0.6 is 0 Å². The molecule has 1 saturated carbocycles. The molecular formula is C20H24F3NO3. The monoisotopic (exact) mass is 383 g/mol. The number of nitrogens with one attached hydrogen (secondary N) is 1. The second kappa shape index (κ2) is 7.08. The topological polar surface area (TPSA) is 58.6 Å². The van der Waals surface area contributed by atoms with Crippen molar-refractivity contribution < 1.29 is 27.8 Å². The highest BCUT2D eigenvalue weighted by Gasteiger charge is 2.61. The molecule has 0 heterocycles. The van der Waals surface area contributed by atoms with Crippen molar-refractivity contribution in [2.24, 2.45) is 5.92 Å². The van der Waals surface area contributed by atoms with Gasteiger partial charge in [-0.1, -0.05) is 18.1 Å². The van der Waals surface area contributed by atoms with E-state index in [0.29, 0.717) is 12.8 Å². The van der Waals surface area contributed by atoms with E-state index in [1.54, 1.807) is 26.7 Å². The number of alkyl carbamates (subject to hydrolysis) is 1. The van der Waals surface area contributed by atoms with Gasteiger partial charge >= 0.3 is 12.0 Å². The zero-order valence-corrected chi connectivity index (χ0v) is 15.8. The number of hydrogen-bond donors (Lipinski definition) is 2. The third-order valence-electron chi connectivity index (χ3n) is 4.43. The van der Waals surface area contributed by atoms with Crippen molar-refractivity contribution in [2.45, 2.75) is 63.7 Å². The lowest BCUT2D eigenvalue weighted by Crippen LogP contribution is -2.47. The molecule has 1 amide bonds. The first-order valence-corrected chi connectivity index (χ1v) is 8.70. The van der Waals surface area contributed by atoms with Gasteiger partial charge in [0.2, 0.25) is 0 Å². The maximum Gasteiger partial charge on any atom is 0.408 e. The van der Waals surface area contributed by atoms with Crippen LogP contribution in [0.15, 0.2) is 18.2 Å². The van der Waals surface area contributed by atoms with Crippen molar-refractivity contribution in [3.63, 3.8) is 0 Å². The molecule has 0 aromatic heterocycles. The maximum atomic E-state index is 14.9. The van der Waals surface area contributed by atoms with Crippen LogP contribution in [0.3, 0.4) is 0 Å². The fourth-order valence-corrected chi connectivity index (χ4v) is 2.86. The summed E-state index contributed by atoms with van der Waals surface area (Å²) in [5.74, 6) is -4.22. The third-order valence-corrected chi connectivity index (χ3v) is 4.43. The molecule has 2 rings (SSSR count). The van der Waals surface area contributed by atoms with Crippen molar-refractivity contribution >= 4 is 6.09 Å². The van der Waals surface area contributed by atoms with E-state index in [1.165, 1.54) is 19.1 Å². The molecule has 0 bridgehead atoms. The van der Waals surface area contributed by atoms with Crippen molar-refractivity contribution in [3.05, 3.63) is 35.1 Å². The Kier molecular flexibility index (Phi) is 5.53. The van der Waals surface area contributed by atoms with Gasteiger partial charge in [0.05, 0.1) is 11.6 Å². The van der Waals surface area contributed by atoms with Crippen LogP contribution in [0.2, 0.25) is 0 Å². The molecule has 1 aliphatic carbocycles. The van der Waals surface area contributed by atoms with E-state index in [1.807, 2.05) is 0 Å². The number of carbonyl (C=O) groups is 1. The Morgan fingerprint density at radius 2 is 1.96 bits per heavy atom. The normalized spacial score (nSPS) is 18.2. The molecule has 1 aliphatic rings. The number of halogens is 3. The first kappa shape index (κ1) is 21.1. The van der Waals surface area contributed by atoms with E-state index in [2.05, 4.69) is 5.32 Å². The number of carbonyl (C=O) groups excluding carboxylic acids is 1. The lowest BCUT2D eigenvalue weighted by atomic mass is 9.85. The van der Waals surface area contributed by atoms with Crippen LogP contribution in [0.1, 0.15) is 57.7 Å². The van der Waals surface area contributed by atoms with Gasteiger partial charge in [0.15, 0.2) is 5.60 Å². The second-order valence-corrected chi connectivity index (χ2v) is 7.84. The predicted octanol–water partition coefficient (Wildman–Crippen LogP) is 4.28. The van der Waals surface area contributed by atoms with Crippen molar-refractivity contribution in [1.82, 2.24) is 5.32 Å². The maximum absolute atomic E-state index is 14.9. The molecule has 1 unspecified atom stereocenters. The molecule has 4 nitrogen and oxygen atoms in total. The number of aliphatic hydroxyl groups is 1. The largest absolute Gasteiger partial charge is 0.444 e. The fourth-order valence-electron chi connectivity index (χ4n) is 2.86. The molecular weight excluding hydrogens is 359 g/mol. The second-order valence-electron chi connectivity index (χ2n) is 7.84. The van der Waals surface area contributed by atoms with Crippen LogP contribution in [-0.2, 0) is 10.7 Å². The first-order valence-electron chi connectivity index (χ1n) is 8.70. The van der Waals surface area contributed by atoms with E-state index >= 15 is 0 Å². The average molecular weight is 383 g/mol. The molecule has 1 aromatic rings. The van der Waals surface area contributed by atoms with Gasteiger partial charge in [0.25, 0.3) is 0 Å². The molecule has 2 N–H and O–H groups in total. The number of hydrogen-bond acceptors (Lipinski definition) is 3. The van der Waals surface area contributed by atoms with Crippen molar-refractivity contribution in [2.75, 3.05) is 0 Å². The van der Waals surface area contributed by atoms with Gasteiger partial charge in [-0.15, -0.1) is 6.42 Å². The number of benzene rings is 1. The zero-order valence-electron chi connectivity index (χ0n) is 15.8. The number of rotatable bonds is 5. The average Bonchev–Trinajstić information content (AvgIpc) is 3.36. The molecule has 1 aromatic carbocycles. The highest BCUT2D eigenvalue weighted by atomic mass is 19.3. The Morgan fingerprint density at radius 3 is 2.44 bits per heavy atom. The number of terminal acetylenes is 1. The van der Waals surface area contributed by atoms with Gasteiger partial charge in [0.1, 0.15) is 11.4 Å². The summed E-state index contributed by atoms with van der Waals surface area (Å²) < 4.78 is 49.9. The molecule has 0 radical (unpaired) electrons. The highest BCUT2D eigenvalue weighted by Crippen LogP contribution is 2.52. The number of alkyl halides is 2. The highest BCUT2D eigenvalue weighted by molar-refractivity contribution is 5.68. The summed E-state index contributed by atoms with van der Waals surface area (Å²) in [6.45, 7) is 6.44. The molecule has 2 atom stereocenters. The minimum Gasteiger partial charge on any atom is -0.444 e. The van der Waals surface area contributed by atoms with Gasteiger partial charge in [-0.25, -0.2) is 9.18 Å². The molecule has 1 fully saturated rings. The summed E-state index contributed by atoms with van der Waals surface area (Å²) in [6.07, 6.45) is 5.08. The van der Waals surface area contributed by atoms with Gasteiger partial charge < -0.3 is 15.2 Å². The number of ether oxygens (including phenoxy) is 1. The Balaban J connectivity index is 2.32. The van der Waals surface area contributed by atoms with Gasteiger partial charge in [-0.3, -0.25) is 0 Å². The fraction of sp³-hybridized carbons (Fsp3) is 0.550. The quantitative estimate of drug-likeness (QED) is 0.747. The summed E-state index contributed by atoms with van der Waals surface area (Å²) >= 11 is 0. The Bertz CT molecular complexity index is 763. The smallest absolute Gasteiger partial charge is 0.408 e. The first-order chi connectivity index (χ1) is 12.3. The Labute approximate surface area is 157 Å². The standard InChI is InChI=1S/C20H24F3NO3/c1-6-19(26,13-10-11-13)20(22,23)15-9-7-8-14(16(15)21)12(2)24-17(25)27-18(3,4)5/h1,7-9,12-13,26H,10-11H2,2-5H3,(H,24,25)/t12-,19?/m1/s1. The van der Waals surface area contributed by atoms with Crippen LogP contribution in [0.25, 0.3) is 0 Å². The Hall–Kier alpha value is -2.20. The van der Waals surface area contributed by atoms with E-state index in [4.69, 9.17) is 11.2 Å². The minimum atomic E-state index is -3.98. The summed E-state index contributed by atoms with van der Waals surface area (Å²) in [6, 6.07) is 2.47. The lowest BCUT2D eigenvalue weighted by molar-refractivity contribution is -0.168. The van der Waals surface area contributed by atoms with Crippen LogP contribution in [0.5, 0.6) is 0 Å². The van der Waals surface area contributed by atoms with E-state index in [9.17, 15) is 23.1 Å². The van der Waals surface area contributed by atoms with E-state index in [0.717, 1.165) is 6.07 Å². The molecule has 0 saturated heterocycles. The minimum absolute atomic E-state index is 0.159. The lowest BCUT2D eigenvalue weighted by Gasteiger charge is -2.32. The molecule has 27 heavy (non-hydrogen) atoms. The predicted molar refractivity (Wildman–Crippen MR) is 94.6 cm³/mol. The van der Waals surface area contributed by atoms with E-state index < -0.39 is 46.6 Å². The molecule has 0 spiro atoms. The van der Waals surface area contributed by atoms with E-state index in [-0.39, 0.29) is 5.56 Å². The third kappa shape index (κ3) is 4.22. The van der Waals surface area contributed by atoms with Crippen LogP contribution < -0.4 is 5.32 Å². The zero-order chi connectivity index (χ0) is 20.6. The molecule has 148 valence electrons. The van der Waals surface area contributed by atoms with Crippen molar-refractivity contribution in [1.29, 1.82) is 0 Å². The SMILES string of the molecule is C#CC(O)(C1CC1)C(F)(F)c1cccc([C@@H](C)NC(=O)OC(C)(C)C)c1F. The van der Waals surface area contributed by atoms with Crippen molar-refractivity contribution in [3.8, 4) is 12.3 Å². The summed E-state index contributed by atoms with van der Waals surface area (Å²) in [5.41, 5.74) is -4.67. The summed E-state index contributed by atoms with van der Waals surface area (Å²) in [5, 5.41) is 12.7.